The average molecular weight is 439 g/mol. The van der Waals surface area contributed by atoms with Crippen LogP contribution in [0.3, 0.4) is 0 Å². The number of halogens is 2. The molecule has 0 aromatic heterocycles. The van der Waals surface area contributed by atoms with Crippen molar-refractivity contribution in [3.05, 3.63) is 63.1 Å². The van der Waals surface area contributed by atoms with Crippen LogP contribution in [0.25, 0.3) is 5.57 Å². The van der Waals surface area contributed by atoms with Crippen molar-refractivity contribution in [2.75, 3.05) is 10.8 Å². The van der Waals surface area contributed by atoms with Gasteiger partial charge in [-0.25, -0.2) is 8.42 Å². The Balaban J connectivity index is 1.85. The summed E-state index contributed by atoms with van der Waals surface area (Å²) in [5.74, 6) is 0.528. The molecule has 1 aliphatic carbocycles. The lowest BCUT2D eigenvalue weighted by atomic mass is 9.96. The molecule has 0 atom stereocenters. The Morgan fingerprint density at radius 1 is 1.16 bits per heavy atom. The maximum absolute atomic E-state index is 13.2. The Kier molecular flexibility index (Phi) is 4.21. The van der Waals surface area contributed by atoms with Gasteiger partial charge >= 0.3 is 0 Å². The number of sulfonamides is 1. The standard InChI is InChI=1S/C19H17BrClNO2S/c1-12-2-6-14(7-3-12)25(23,24)22-9-8-15(13-4-5-13)16-10-18(21)17(20)11-19(16)22/h2-3,6-8,10-11,13H,4-5,9H2,1H3. The first kappa shape index (κ1) is 17.1. The normalized spacial score (nSPS) is 17.2. The van der Waals surface area contributed by atoms with Gasteiger partial charge in [0.2, 0.25) is 0 Å². The van der Waals surface area contributed by atoms with Crippen molar-refractivity contribution in [2.24, 2.45) is 5.92 Å². The minimum absolute atomic E-state index is 0.304. The Bertz CT molecular complexity index is 979. The number of aryl methyl sites for hydroxylation is 1. The summed E-state index contributed by atoms with van der Waals surface area (Å²) < 4.78 is 28.6. The van der Waals surface area contributed by atoms with Crippen molar-refractivity contribution < 1.29 is 8.42 Å². The molecule has 0 radical (unpaired) electrons. The molecule has 1 heterocycles. The summed E-state index contributed by atoms with van der Waals surface area (Å²) >= 11 is 9.72. The number of anilines is 1. The maximum atomic E-state index is 13.2. The Morgan fingerprint density at radius 2 is 1.84 bits per heavy atom. The highest BCUT2D eigenvalue weighted by Crippen LogP contribution is 2.48. The topological polar surface area (TPSA) is 37.4 Å². The Labute approximate surface area is 161 Å². The van der Waals surface area contributed by atoms with E-state index in [1.807, 2.05) is 37.3 Å². The van der Waals surface area contributed by atoms with Crippen LogP contribution < -0.4 is 4.31 Å². The van der Waals surface area contributed by atoms with Crippen LogP contribution >= 0.6 is 27.5 Å². The first-order chi connectivity index (χ1) is 11.9. The molecular weight excluding hydrogens is 422 g/mol. The number of nitrogens with zero attached hydrogens (tertiary/aromatic N) is 1. The monoisotopic (exact) mass is 437 g/mol. The molecule has 1 fully saturated rings. The number of hydrogen-bond acceptors (Lipinski definition) is 2. The Morgan fingerprint density at radius 3 is 2.48 bits per heavy atom. The zero-order valence-corrected chi connectivity index (χ0v) is 16.8. The first-order valence-corrected chi connectivity index (χ1v) is 10.8. The number of rotatable bonds is 3. The van der Waals surface area contributed by atoms with Gasteiger partial charge in [0.1, 0.15) is 0 Å². The van der Waals surface area contributed by atoms with E-state index >= 15 is 0 Å². The van der Waals surface area contributed by atoms with Crippen LogP contribution in [0, 0.1) is 12.8 Å². The second-order valence-corrected chi connectivity index (χ2v) is 9.69. The molecule has 4 rings (SSSR count). The third kappa shape index (κ3) is 3.03. The van der Waals surface area contributed by atoms with E-state index in [4.69, 9.17) is 11.6 Å². The zero-order valence-electron chi connectivity index (χ0n) is 13.7. The van der Waals surface area contributed by atoms with Crippen molar-refractivity contribution in [2.45, 2.75) is 24.7 Å². The molecule has 2 aromatic carbocycles. The summed E-state index contributed by atoms with van der Waals surface area (Å²) in [5, 5.41) is 0.597. The van der Waals surface area contributed by atoms with Gasteiger partial charge in [-0.2, -0.15) is 0 Å². The molecule has 25 heavy (non-hydrogen) atoms. The third-order valence-electron chi connectivity index (χ3n) is 4.72. The van der Waals surface area contributed by atoms with E-state index in [-0.39, 0.29) is 0 Å². The fraction of sp³-hybridized carbons (Fsp3) is 0.263. The third-order valence-corrected chi connectivity index (χ3v) is 7.71. The van der Waals surface area contributed by atoms with Crippen LogP contribution in [0.15, 0.2) is 51.8 Å². The maximum Gasteiger partial charge on any atom is 0.264 e. The van der Waals surface area contributed by atoms with Crippen LogP contribution in [0.1, 0.15) is 24.0 Å². The van der Waals surface area contributed by atoms with Crippen LogP contribution in [-0.4, -0.2) is 15.0 Å². The van der Waals surface area contributed by atoms with E-state index in [0.29, 0.717) is 32.5 Å². The predicted octanol–water partition coefficient (Wildman–Crippen LogP) is 5.41. The van der Waals surface area contributed by atoms with Gasteiger partial charge in [0, 0.05) is 10.0 Å². The number of allylic oxidation sites excluding steroid dienone is 1. The van der Waals surface area contributed by atoms with Crippen molar-refractivity contribution in [1.82, 2.24) is 0 Å². The van der Waals surface area contributed by atoms with Gasteiger partial charge in [-0.15, -0.1) is 0 Å². The van der Waals surface area contributed by atoms with Gasteiger partial charge in [0.25, 0.3) is 10.0 Å². The number of fused-ring (bicyclic) bond motifs is 1. The molecule has 0 unspecified atom stereocenters. The summed E-state index contributed by atoms with van der Waals surface area (Å²) in [6.07, 6.45) is 4.35. The summed E-state index contributed by atoms with van der Waals surface area (Å²) in [5.41, 5.74) is 3.88. The van der Waals surface area contributed by atoms with E-state index in [9.17, 15) is 8.42 Å². The number of benzene rings is 2. The molecule has 2 aliphatic rings. The molecule has 0 spiro atoms. The van der Waals surface area contributed by atoms with Crippen molar-refractivity contribution in [1.29, 1.82) is 0 Å². The lowest BCUT2D eigenvalue weighted by molar-refractivity contribution is 0.592. The highest BCUT2D eigenvalue weighted by atomic mass is 79.9. The molecule has 1 saturated carbocycles. The van der Waals surface area contributed by atoms with Gasteiger partial charge in [-0.05, 0) is 71.5 Å². The average Bonchev–Trinajstić information content (AvgIpc) is 3.40. The van der Waals surface area contributed by atoms with Crippen molar-refractivity contribution >= 4 is 48.8 Å². The molecule has 130 valence electrons. The van der Waals surface area contributed by atoms with Crippen molar-refractivity contribution in [3.63, 3.8) is 0 Å². The minimum atomic E-state index is -3.63. The highest BCUT2D eigenvalue weighted by Gasteiger charge is 2.35. The summed E-state index contributed by atoms with van der Waals surface area (Å²) in [6, 6.07) is 10.7. The van der Waals surface area contributed by atoms with Gasteiger partial charge in [-0.3, -0.25) is 4.31 Å². The predicted molar refractivity (Wildman–Crippen MR) is 106 cm³/mol. The quantitative estimate of drug-likeness (QED) is 0.642. The van der Waals surface area contributed by atoms with Gasteiger partial charge in [0.15, 0.2) is 0 Å². The van der Waals surface area contributed by atoms with Crippen LogP contribution in [-0.2, 0) is 10.0 Å². The molecule has 1 aliphatic heterocycles. The lowest BCUT2D eigenvalue weighted by Crippen LogP contribution is -2.34. The molecule has 6 heteroatoms. The van der Waals surface area contributed by atoms with E-state index in [1.54, 1.807) is 12.1 Å². The summed E-state index contributed by atoms with van der Waals surface area (Å²) in [7, 11) is -3.63. The highest BCUT2D eigenvalue weighted by molar-refractivity contribution is 9.10. The van der Waals surface area contributed by atoms with Crippen molar-refractivity contribution in [3.8, 4) is 0 Å². The largest absolute Gasteiger partial charge is 0.264 e. The molecule has 0 amide bonds. The smallest absolute Gasteiger partial charge is 0.262 e. The first-order valence-electron chi connectivity index (χ1n) is 8.17. The van der Waals surface area contributed by atoms with E-state index in [0.717, 1.165) is 24.0 Å². The lowest BCUT2D eigenvalue weighted by Gasteiger charge is -2.31. The molecule has 3 nitrogen and oxygen atoms in total. The Hall–Kier alpha value is -1.30. The fourth-order valence-electron chi connectivity index (χ4n) is 3.21. The van der Waals surface area contributed by atoms with E-state index in [2.05, 4.69) is 15.9 Å². The molecular formula is C19H17BrClNO2S. The minimum Gasteiger partial charge on any atom is -0.262 e. The number of hydrogen-bond donors (Lipinski definition) is 0. The molecule has 2 aromatic rings. The zero-order chi connectivity index (χ0) is 17.8. The van der Waals surface area contributed by atoms with Crippen LogP contribution in [0.5, 0.6) is 0 Å². The van der Waals surface area contributed by atoms with Gasteiger partial charge in [0.05, 0.1) is 22.2 Å². The summed E-state index contributed by atoms with van der Waals surface area (Å²) in [4.78, 5) is 0.304. The molecule has 0 saturated heterocycles. The van der Waals surface area contributed by atoms with E-state index < -0.39 is 10.0 Å². The molecule has 0 bridgehead atoms. The van der Waals surface area contributed by atoms with Gasteiger partial charge in [-0.1, -0.05) is 35.4 Å². The second-order valence-electron chi connectivity index (χ2n) is 6.57. The van der Waals surface area contributed by atoms with Crippen LogP contribution in [0.2, 0.25) is 5.02 Å². The molecule has 0 N–H and O–H groups in total. The fourth-order valence-corrected chi connectivity index (χ4v) is 5.12. The SMILES string of the molecule is Cc1ccc(S(=O)(=O)N2CC=C(C3CC3)c3cc(Cl)c(Br)cc32)cc1. The van der Waals surface area contributed by atoms with Gasteiger partial charge < -0.3 is 0 Å². The van der Waals surface area contributed by atoms with E-state index in [1.165, 1.54) is 9.88 Å². The second kappa shape index (κ2) is 6.15. The summed E-state index contributed by atoms with van der Waals surface area (Å²) in [6.45, 7) is 2.29. The van der Waals surface area contributed by atoms with Crippen LogP contribution in [0.4, 0.5) is 5.69 Å².